The van der Waals surface area contributed by atoms with Gasteiger partial charge in [0.1, 0.15) is 17.2 Å². The van der Waals surface area contributed by atoms with Gasteiger partial charge in [0, 0.05) is 17.5 Å². The molecule has 1 aliphatic rings. The topological polar surface area (TPSA) is 27.7 Å². The van der Waals surface area contributed by atoms with E-state index < -0.39 is 0 Å². The third-order valence-corrected chi connectivity index (χ3v) is 3.97. The average molecular weight is 270 g/mol. The zero-order valence-electron chi connectivity index (χ0n) is 12.0. The molecule has 1 aliphatic carbocycles. The predicted molar refractivity (Wildman–Crippen MR) is 78.1 cm³/mol. The fourth-order valence-corrected chi connectivity index (χ4v) is 2.79. The minimum atomic E-state index is 0.376. The van der Waals surface area contributed by atoms with Crippen LogP contribution in [0.5, 0.6) is 17.2 Å². The molecule has 0 amide bonds. The van der Waals surface area contributed by atoms with Crippen LogP contribution in [-0.2, 0) is 6.42 Å². The van der Waals surface area contributed by atoms with Crippen molar-refractivity contribution in [3.05, 3.63) is 53.1 Å². The van der Waals surface area contributed by atoms with Crippen molar-refractivity contribution in [2.75, 3.05) is 21.3 Å². The van der Waals surface area contributed by atoms with Crippen molar-refractivity contribution >= 4 is 0 Å². The number of ether oxygens (including phenoxy) is 3. The molecule has 104 valence electrons. The van der Waals surface area contributed by atoms with Crippen molar-refractivity contribution in [2.45, 2.75) is 12.3 Å². The summed E-state index contributed by atoms with van der Waals surface area (Å²) in [5, 5.41) is 0. The van der Waals surface area contributed by atoms with Gasteiger partial charge in [-0.05, 0) is 35.7 Å². The molecule has 3 heteroatoms. The molecule has 0 heterocycles. The molecule has 0 spiro atoms. The minimum Gasteiger partial charge on any atom is -0.497 e. The highest BCUT2D eigenvalue weighted by atomic mass is 16.5. The van der Waals surface area contributed by atoms with Crippen LogP contribution in [-0.4, -0.2) is 21.3 Å². The molecule has 1 unspecified atom stereocenters. The van der Waals surface area contributed by atoms with Crippen LogP contribution in [0, 0.1) is 0 Å². The zero-order chi connectivity index (χ0) is 14.1. The summed E-state index contributed by atoms with van der Waals surface area (Å²) in [4.78, 5) is 0. The highest BCUT2D eigenvalue weighted by molar-refractivity contribution is 5.55. The van der Waals surface area contributed by atoms with Crippen molar-refractivity contribution in [1.82, 2.24) is 0 Å². The van der Waals surface area contributed by atoms with Crippen LogP contribution in [0.25, 0.3) is 0 Å². The summed E-state index contributed by atoms with van der Waals surface area (Å²) in [7, 11) is 5.06. The number of hydrogen-bond acceptors (Lipinski definition) is 3. The molecular weight excluding hydrogens is 252 g/mol. The quantitative estimate of drug-likeness (QED) is 0.852. The van der Waals surface area contributed by atoms with Crippen LogP contribution >= 0.6 is 0 Å². The number of rotatable bonds is 4. The van der Waals surface area contributed by atoms with Gasteiger partial charge in [0.05, 0.1) is 21.3 Å². The Labute approximate surface area is 119 Å². The van der Waals surface area contributed by atoms with E-state index in [9.17, 15) is 0 Å². The lowest BCUT2D eigenvalue weighted by atomic mass is 9.73. The second-order valence-electron chi connectivity index (χ2n) is 4.93. The van der Waals surface area contributed by atoms with Gasteiger partial charge in [-0.25, -0.2) is 0 Å². The predicted octanol–water partition coefficient (Wildman–Crippen LogP) is 3.40. The monoisotopic (exact) mass is 270 g/mol. The van der Waals surface area contributed by atoms with Gasteiger partial charge < -0.3 is 14.2 Å². The van der Waals surface area contributed by atoms with Gasteiger partial charge in [-0.15, -0.1) is 0 Å². The van der Waals surface area contributed by atoms with Gasteiger partial charge in [0.2, 0.25) is 0 Å². The highest BCUT2D eigenvalue weighted by Crippen LogP contribution is 2.45. The molecule has 0 N–H and O–H groups in total. The van der Waals surface area contributed by atoms with Gasteiger partial charge in [-0.1, -0.05) is 12.1 Å². The lowest BCUT2D eigenvalue weighted by Crippen LogP contribution is -2.19. The molecule has 2 aromatic carbocycles. The standard InChI is InChI=1S/C17H18O3/c1-18-12-5-4-11-8-16(15(11)9-12)14-7-6-13(19-2)10-17(14)20-3/h4-7,9-10,16H,8H2,1-3H3. The molecule has 0 aliphatic heterocycles. The van der Waals surface area contributed by atoms with E-state index in [4.69, 9.17) is 14.2 Å². The molecule has 20 heavy (non-hydrogen) atoms. The maximum absolute atomic E-state index is 5.51. The first kappa shape index (κ1) is 12.9. The van der Waals surface area contributed by atoms with Crippen molar-refractivity contribution in [3.8, 4) is 17.2 Å². The van der Waals surface area contributed by atoms with Gasteiger partial charge in [-0.3, -0.25) is 0 Å². The van der Waals surface area contributed by atoms with E-state index in [1.165, 1.54) is 16.7 Å². The lowest BCUT2D eigenvalue weighted by Gasteiger charge is -2.32. The van der Waals surface area contributed by atoms with E-state index in [1.54, 1.807) is 21.3 Å². The third kappa shape index (κ3) is 1.99. The molecule has 0 radical (unpaired) electrons. The molecule has 0 aromatic heterocycles. The van der Waals surface area contributed by atoms with E-state index in [1.807, 2.05) is 18.2 Å². The van der Waals surface area contributed by atoms with Crippen molar-refractivity contribution in [1.29, 1.82) is 0 Å². The molecule has 0 saturated carbocycles. The Morgan fingerprint density at radius 3 is 2.20 bits per heavy atom. The van der Waals surface area contributed by atoms with Gasteiger partial charge in [0.25, 0.3) is 0 Å². The summed E-state index contributed by atoms with van der Waals surface area (Å²) in [5.74, 6) is 2.97. The van der Waals surface area contributed by atoms with Crippen LogP contribution in [0.4, 0.5) is 0 Å². The number of fused-ring (bicyclic) bond motifs is 1. The third-order valence-electron chi connectivity index (χ3n) is 3.97. The largest absolute Gasteiger partial charge is 0.497 e. The van der Waals surface area contributed by atoms with Crippen LogP contribution in [0.2, 0.25) is 0 Å². The first-order chi connectivity index (χ1) is 9.76. The molecule has 0 saturated heterocycles. The summed E-state index contributed by atoms with van der Waals surface area (Å²) in [6.07, 6.45) is 1.04. The van der Waals surface area contributed by atoms with Crippen LogP contribution in [0.1, 0.15) is 22.6 Å². The van der Waals surface area contributed by atoms with E-state index in [0.29, 0.717) is 5.92 Å². The molecule has 0 fully saturated rings. The SMILES string of the molecule is COc1ccc(C2Cc3ccc(OC)cc32)c(OC)c1. The van der Waals surface area contributed by atoms with Crippen molar-refractivity contribution < 1.29 is 14.2 Å². The van der Waals surface area contributed by atoms with Crippen molar-refractivity contribution in [2.24, 2.45) is 0 Å². The number of hydrogen-bond donors (Lipinski definition) is 0. The summed E-state index contributed by atoms with van der Waals surface area (Å²) in [6, 6.07) is 12.3. The normalized spacial score (nSPS) is 16.1. The molecule has 2 aromatic rings. The Balaban J connectivity index is 1.98. The number of methoxy groups -OCH3 is 3. The maximum atomic E-state index is 5.51. The maximum Gasteiger partial charge on any atom is 0.126 e. The van der Waals surface area contributed by atoms with E-state index >= 15 is 0 Å². The first-order valence-electron chi connectivity index (χ1n) is 6.65. The summed E-state index contributed by atoms with van der Waals surface area (Å²) < 4.78 is 16.1. The number of benzene rings is 2. The second kappa shape index (κ2) is 5.08. The van der Waals surface area contributed by atoms with Crippen molar-refractivity contribution in [3.63, 3.8) is 0 Å². The summed E-state index contributed by atoms with van der Waals surface area (Å²) in [6.45, 7) is 0. The lowest BCUT2D eigenvalue weighted by molar-refractivity contribution is 0.388. The fraction of sp³-hybridized carbons (Fsp3) is 0.294. The molecule has 0 bridgehead atoms. The summed E-state index contributed by atoms with van der Waals surface area (Å²) in [5.41, 5.74) is 3.91. The van der Waals surface area contributed by atoms with Gasteiger partial charge >= 0.3 is 0 Å². The molecular formula is C17H18O3. The van der Waals surface area contributed by atoms with E-state index in [0.717, 1.165) is 23.7 Å². The second-order valence-corrected chi connectivity index (χ2v) is 4.93. The zero-order valence-corrected chi connectivity index (χ0v) is 12.0. The molecule has 3 nitrogen and oxygen atoms in total. The minimum absolute atomic E-state index is 0.376. The average Bonchev–Trinajstić information content (AvgIpc) is 2.48. The fourth-order valence-electron chi connectivity index (χ4n) is 2.79. The van der Waals surface area contributed by atoms with E-state index in [2.05, 4.69) is 18.2 Å². The molecule has 1 atom stereocenters. The Morgan fingerprint density at radius 1 is 0.800 bits per heavy atom. The Bertz CT molecular complexity index is 634. The van der Waals surface area contributed by atoms with E-state index in [-0.39, 0.29) is 0 Å². The molecule has 3 rings (SSSR count). The smallest absolute Gasteiger partial charge is 0.126 e. The van der Waals surface area contributed by atoms with Crippen LogP contribution < -0.4 is 14.2 Å². The summed E-state index contributed by atoms with van der Waals surface area (Å²) >= 11 is 0. The Hall–Kier alpha value is -2.16. The van der Waals surface area contributed by atoms with Gasteiger partial charge in [0.15, 0.2) is 0 Å². The van der Waals surface area contributed by atoms with Crippen LogP contribution in [0.3, 0.4) is 0 Å². The highest BCUT2D eigenvalue weighted by Gasteiger charge is 2.30. The Kier molecular flexibility index (Phi) is 3.26. The van der Waals surface area contributed by atoms with Crippen LogP contribution in [0.15, 0.2) is 36.4 Å². The first-order valence-corrected chi connectivity index (χ1v) is 6.65. The Morgan fingerprint density at radius 2 is 1.50 bits per heavy atom. The van der Waals surface area contributed by atoms with Gasteiger partial charge in [-0.2, -0.15) is 0 Å².